The van der Waals surface area contributed by atoms with Crippen molar-refractivity contribution >= 4 is 0 Å². The first-order valence-electron chi connectivity index (χ1n) is 7.26. The van der Waals surface area contributed by atoms with E-state index in [1.165, 1.54) is 45.6 Å². The van der Waals surface area contributed by atoms with Gasteiger partial charge in [-0.15, -0.1) is 0 Å². The molecule has 0 spiro atoms. The topological polar surface area (TPSA) is 18.5 Å². The van der Waals surface area contributed by atoms with Gasteiger partial charge in [0.1, 0.15) is 0 Å². The van der Waals surface area contributed by atoms with Gasteiger partial charge in [-0.05, 0) is 39.2 Å². The molecule has 0 aromatic carbocycles. The van der Waals surface area contributed by atoms with Gasteiger partial charge in [-0.25, -0.2) is 0 Å². The number of hydrogen-bond donors (Lipinski definition) is 1. The van der Waals surface area contributed by atoms with E-state index in [2.05, 4.69) is 35.9 Å². The lowest BCUT2D eigenvalue weighted by molar-refractivity contribution is 0.0486. The third-order valence-corrected chi connectivity index (χ3v) is 4.32. The fourth-order valence-corrected chi connectivity index (χ4v) is 3.35. The van der Waals surface area contributed by atoms with Crippen LogP contribution in [0, 0.1) is 5.92 Å². The summed E-state index contributed by atoms with van der Waals surface area (Å²) in [4.78, 5) is 5.33. The van der Waals surface area contributed by atoms with E-state index in [9.17, 15) is 0 Å². The molecule has 0 amide bonds. The van der Waals surface area contributed by atoms with Crippen molar-refractivity contribution in [3.63, 3.8) is 0 Å². The van der Waals surface area contributed by atoms with E-state index in [0.29, 0.717) is 5.54 Å². The van der Waals surface area contributed by atoms with Gasteiger partial charge in [0.05, 0.1) is 0 Å². The van der Waals surface area contributed by atoms with Crippen LogP contribution in [0.15, 0.2) is 0 Å². The van der Waals surface area contributed by atoms with Gasteiger partial charge in [0, 0.05) is 44.8 Å². The molecule has 1 atom stereocenters. The molecule has 2 aliphatic heterocycles. The van der Waals surface area contributed by atoms with Crippen LogP contribution in [0.3, 0.4) is 0 Å². The summed E-state index contributed by atoms with van der Waals surface area (Å²) < 4.78 is 0. The molecule has 0 aromatic heterocycles. The summed E-state index contributed by atoms with van der Waals surface area (Å²) in [6, 6.07) is 0. The molecule has 2 saturated heterocycles. The van der Waals surface area contributed by atoms with E-state index < -0.39 is 0 Å². The van der Waals surface area contributed by atoms with E-state index >= 15 is 0 Å². The molecule has 0 aliphatic carbocycles. The Hall–Kier alpha value is -0.120. The van der Waals surface area contributed by atoms with E-state index in [4.69, 9.17) is 0 Å². The molecule has 3 nitrogen and oxygen atoms in total. The highest BCUT2D eigenvalue weighted by molar-refractivity contribution is 4.88. The van der Waals surface area contributed by atoms with Crippen molar-refractivity contribution in [1.82, 2.24) is 15.1 Å². The predicted octanol–water partition coefficient (Wildman–Crippen LogP) is 1.40. The van der Waals surface area contributed by atoms with Crippen LogP contribution >= 0.6 is 0 Å². The predicted molar refractivity (Wildman–Crippen MR) is 73.4 cm³/mol. The number of hydrogen-bond acceptors (Lipinski definition) is 3. The van der Waals surface area contributed by atoms with Crippen LogP contribution in [0.5, 0.6) is 0 Å². The van der Waals surface area contributed by atoms with Crippen molar-refractivity contribution in [2.24, 2.45) is 5.92 Å². The first-order valence-corrected chi connectivity index (χ1v) is 7.26. The molecular weight excluding hydrogens is 210 g/mol. The molecule has 100 valence electrons. The molecule has 1 unspecified atom stereocenters. The Balaban J connectivity index is 1.86. The quantitative estimate of drug-likeness (QED) is 0.803. The number of likely N-dealkylation sites (tertiary alicyclic amines) is 1. The molecular formula is C14H29N3. The second kappa shape index (κ2) is 5.68. The van der Waals surface area contributed by atoms with Crippen LogP contribution < -0.4 is 5.32 Å². The second-order valence-electron chi connectivity index (χ2n) is 6.53. The van der Waals surface area contributed by atoms with Crippen LogP contribution in [-0.2, 0) is 0 Å². The zero-order valence-corrected chi connectivity index (χ0v) is 11.8. The molecule has 2 fully saturated rings. The van der Waals surface area contributed by atoms with Crippen LogP contribution in [0.2, 0.25) is 0 Å². The minimum Gasteiger partial charge on any atom is -0.314 e. The Labute approximate surface area is 107 Å². The molecule has 0 radical (unpaired) electrons. The zero-order chi connectivity index (χ0) is 12.3. The standard InChI is InChI=1S/C14H29N3/c1-13-5-4-8-16(11-13)12-14(2,3)17-9-6-15-7-10-17/h13,15H,4-12H2,1-3H3. The molecule has 0 bridgehead atoms. The Kier molecular flexibility index (Phi) is 4.45. The van der Waals surface area contributed by atoms with Gasteiger partial charge in [-0.3, -0.25) is 4.90 Å². The third kappa shape index (κ3) is 3.67. The number of nitrogens with one attached hydrogen (secondary N) is 1. The summed E-state index contributed by atoms with van der Waals surface area (Å²) in [5.74, 6) is 0.891. The van der Waals surface area contributed by atoms with Crippen molar-refractivity contribution in [3.8, 4) is 0 Å². The van der Waals surface area contributed by atoms with Gasteiger partial charge in [0.2, 0.25) is 0 Å². The Bertz CT molecular complexity index is 234. The van der Waals surface area contributed by atoms with Gasteiger partial charge in [0.25, 0.3) is 0 Å². The number of nitrogens with zero attached hydrogens (tertiary/aromatic N) is 2. The number of piperidine rings is 1. The summed E-state index contributed by atoms with van der Waals surface area (Å²) >= 11 is 0. The monoisotopic (exact) mass is 239 g/mol. The van der Waals surface area contributed by atoms with Gasteiger partial charge >= 0.3 is 0 Å². The molecule has 17 heavy (non-hydrogen) atoms. The first-order chi connectivity index (χ1) is 8.08. The minimum absolute atomic E-state index is 0.332. The molecule has 3 heteroatoms. The van der Waals surface area contributed by atoms with Crippen molar-refractivity contribution in [3.05, 3.63) is 0 Å². The Morgan fingerprint density at radius 2 is 1.88 bits per heavy atom. The van der Waals surface area contributed by atoms with E-state index in [0.717, 1.165) is 19.0 Å². The van der Waals surface area contributed by atoms with Crippen LogP contribution in [0.25, 0.3) is 0 Å². The highest BCUT2D eigenvalue weighted by Crippen LogP contribution is 2.21. The molecule has 0 saturated carbocycles. The van der Waals surface area contributed by atoms with E-state index in [-0.39, 0.29) is 0 Å². The Morgan fingerprint density at radius 1 is 1.18 bits per heavy atom. The summed E-state index contributed by atoms with van der Waals surface area (Å²) in [5, 5.41) is 3.44. The highest BCUT2D eigenvalue weighted by atomic mass is 15.3. The molecule has 0 aromatic rings. The smallest absolute Gasteiger partial charge is 0.0281 e. The van der Waals surface area contributed by atoms with Crippen molar-refractivity contribution in [1.29, 1.82) is 0 Å². The number of rotatable bonds is 3. The summed E-state index contributed by atoms with van der Waals surface area (Å²) in [6.45, 7) is 15.8. The maximum Gasteiger partial charge on any atom is 0.0281 e. The van der Waals surface area contributed by atoms with Crippen molar-refractivity contribution in [2.75, 3.05) is 45.8 Å². The summed E-state index contributed by atoms with van der Waals surface area (Å²) in [5.41, 5.74) is 0.332. The zero-order valence-electron chi connectivity index (χ0n) is 11.8. The highest BCUT2D eigenvalue weighted by Gasteiger charge is 2.31. The van der Waals surface area contributed by atoms with Gasteiger partial charge in [0.15, 0.2) is 0 Å². The van der Waals surface area contributed by atoms with Gasteiger partial charge in [-0.2, -0.15) is 0 Å². The summed E-state index contributed by atoms with van der Waals surface area (Å²) in [7, 11) is 0. The Morgan fingerprint density at radius 3 is 2.53 bits per heavy atom. The van der Waals surface area contributed by atoms with Crippen LogP contribution in [-0.4, -0.2) is 61.2 Å². The third-order valence-electron chi connectivity index (χ3n) is 4.32. The molecule has 2 heterocycles. The van der Waals surface area contributed by atoms with Gasteiger partial charge in [-0.1, -0.05) is 6.92 Å². The average molecular weight is 239 g/mol. The lowest BCUT2D eigenvalue weighted by atomic mass is 9.96. The van der Waals surface area contributed by atoms with E-state index in [1.807, 2.05) is 0 Å². The second-order valence-corrected chi connectivity index (χ2v) is 6.53. The maximum atomic E-state index is 3.44. The minimum atomic E-state index is 0.332. The maximum absolute atomic E-state index is 3.44. The van der Waals surface area contributed by atoms with Gasteiger partial charge < -0.3 is 10.2 Å². The molecule has 1 N–H and O–H groups in total. The first kappa shape index (κ1) is 13.3. The van der Waals surface area contributed by atoms with Crippen LogP contribution in [0.4, 0.5) is 0 Å². The summed E-state index contributed by atoms with van der Waals surface area (Å²) in [6.07, 6.45) is 2.81. The average Bonchev–Trinajstić information content (AvgIpc) is 2.29. The molecule has 2 rings (SSSR count). The number of piperazine rings is 1. The van der Waals surface area contributed by atoms with Crippen molar-refractivity contribution < 1.29 is 0 Å². The SMILES string of the molecule is CC1CCCN(CC(C)(C)N2CCNCC2)C1. The molecule has 2 aliphatic rings. The lowest BCUT2D eigenvalue weighted by Crippen LogP contribution is -2.58. The fraction of sp³-hybridized carbons (Fsp3) is 1.00. The van der Waals surface area contributed by atoms with Crippen molar-refractivity contribution in [2.45, 2.75) is 39.2 Å². The largest absolute Gasteiger partial charge is 0.314 e. The lowest BCUT2D eigenvalue weighted by Gasteiger charge is -2.45. The van der Waals surface area contributed by atoms with Crippen LogP contribution in [0.1, 0.15) is 33.6 Å². The fourth-order valence-electron chi connectivity index (χ4n) is 3.35. The van der Waals surface area contributed by atoms with E-state index in [1.54, 1.807) is 0 Å². The normalized spacial score (nSPS) is 29.5.